The number of likely N-dealkylation sites (N-methyl/N-ethyl adjacent to an activating group) is 1. The molecule has 110 valence electrons. The van der Waals surface area contributed by atoms with E-state index in [9.17, 15) is 4.79 Å². The second-order valence-electron chi connectivity index (χ2n) is 4.91. The standard InChI is InChI=1S/C17H18INO2/c1-19(11-14-5-3-4-6-17(14)21-2)12-16(20)13-7-9-15(18)10-8-13/h3-10H,11-12H2,1-2H3. The number of halogens is 1. The van der Waals surface area contributed by atoms with Crippen molar-refractivity contribution in [1.29, 1.82) is 0 Å². The lowest BCUT2D eigenvalue weighted by Crippen LogP contribution is -2.25. The molecule has 2 aromatic rings. The molecule has 0 aliphatic carbocycles. The van der Waals surface area contributed by atoms with E-state index in [1.54, 1.807) is 7.11 Å². The molecule has 0 atom stereocenters. The highest BCUT2D eigenvalue weighted by atomic mass is 127. The van der Waals surface area contributed by atoms with Crippen LogP contribution in [-0.4, -0.2) is 31.4 Å². The van der Waals surface area contributed by atoms with Gasteiger partial charge >= 0.3 is 0 Å². The fourth-order valence-electron chi connectivity index (χ4n) is 2.15. The molecule has 0 fully saturated rings. The number of carbonyl (C=O) groups is 1. The maximum absolute atomic E-state index is 12.2. The summed E-state index contributed by atoms with van der Waals surface area (Å²) in [6, 6.07) is 15.5. The molecule has 2 rings (SSSR count). The number of para-hydroxylation sites is 1. The van der Waals surface area contributed by atoms with E-state index < -0.39 is 0 Å². The number of nitrogens with zero attached hydrogens (tertiary/aromatic N) is 1. The fourth-order valence-corrected chi connectivity index (χ4v) is 2.51. The lowest BCUT2D eigenvalue weighted by Gasteiger charge is -2.17. The van der Waals surface area contributed by atoms with Crippen molar-refractivity contribution in [2.24, 2.45) is 0 Å². The predicted molar refractivity (Wildman–Crippen MR) is 92.8 cm³/mol. The minimum absolute atomic E-state index is 0.129. The molecule has 0 aromatic heterocycles. The number of rotatable bonds is 6. The summed E-state index contributed by atoms with van der Waals surface area (Å²) in [5.41, 5.74) is 1.83. The van der Waals surface area contributed by atoms with Crippen molar-refractivity contribution in [2.45, 2.75) is 6.54 Å². The minimum atomic E-state index is 0.129. The van der Waals surface area contributed by atoms with Crippen LogP contribution in [0, 0.1) is 3.57 Å². The Morgan fingerprint density at radius 3 is 2.48 bits per heavy atom. The molecule has 0 aliphatic rings. The number of benzene rings is 2. The summed E-state index contributed by atoms with van der Waals surface area (Å²) < 4.78 is 6.47. The van der Waals surface area contributed by atoms with Gasteiger partial charge in [-0.1, -0.05) is 30.3 Å². The maximum Gasteiger partial charge on any atom is 0.176 e. The zero-order valence-electron chi connectivity index (χ0n) is 12.2. The molecule has 0 spiro atoms. The Balaban J connectivity index is 1.99. The maximum atomic E-state index is 12.2. The topological polar surface area (TPSA) is 29.5 Å². The normalized spacial score (nSPS) is 10.7. The average Bonchev–Trinajstić information content (AvgIpc) is 2.48. The first-order valence-electron chi connectivity index (χ1n) is 6.69. The number of methoxy groups -OCH3 is 1. The van der Waals surface area contributed by atoms with Gasteiger partial charge in [0, 0.05) is 21.2 Å². The summed E-state index contributed by atoms with van der Waals surface area (Å²) >= 11 is 2.23. The molecular formula is C17H18INO2. The second-order valence-corrected chi connectivity index (χ2v) is 6.16. The first-order chi connectivity index (χ1) is 10.1. The molecule has 0 saturated heterocycles. The predicted octanol–water partition coefficient (Wildman–Crippen LogP) is 3.61. The van der Waals surface area contributed by atoms with Crippen LogP contribution in [0.1, 0.15) is 15.9 Å². The highest BCUT2D eigenvalue weighted by molar-refractivity contribution is 14.1. The summed E-state index contributed by atoms with van der Waals surface area (Å²) in [5.74, 6) is 0.981. The molecule has 0 amide bonds. The molecule has 0 N–H and O–H groups in total. The van der Waals surface area contributed by atoms with Gasteiger partial charge in [0.25, 0.3) is 0 Å². The van der Waals surface area contributed by atoms with E-state index >= 15 is 0 Å². The van der Waals surface area contributed by atoms with Crippen LogP contribution in [0.2, 0.25) is 0 Å². The third-order valence-corrected chi connectivity index (χ3v) is 3.93. The minimum Gasteiger partial charge on any atom is -0.496 e. The fraction of sp³-hybridized carbons (Fsp3) is 0.235. The van der Waals surface area contributed by atoms with Gasteiger partial charge in [0.2, 0.25) is 0 Å². The van der Waals surface area contributed by atoms with E-state index in [1.807, 2.05) is 60.5 Å². The average molecular weight is 395 g/mol. The highest BCUT2D eigenvalue weighted by Gasteiger charge is 2.11. The van der Waals surface area contributed by atoms with E-state index in [0.29, 0.717) is 13.1 Å². The summed E-state index contributed by atoms with van der Waals surface area (Å²) in [7, 11) is 3.60. The lowest BCUT2D eigenvalue weighted by molar-refractivity contribution is 0.0942. The third kappa shape index (κ3) is 4.54. The smallest absolute Gasteiger partial charge is 0.176 e. The number of carbonyl (C=O) groups excluding carboxylic acids is 1. The zero-order valence-corrected chi connectivity index (χ0v) is 14.3. The molecule has 2 aromatic carbocycles. The van der Waals surface area contributed by atoms with Crippen molar-refractivity contribution < 1.29 is 9.53 Å². The molecule has 21 heavy (non-hydrogen) atoms. The molecule has 0 bridgehead atoms. The number of hydrogen-bond donors (Lipinski definition) is 0. The zero-order chi connectivity index (χ0) is 15.2. The van der Waals surface area contributed by atoms with Crippen LogP contribution >= 0.6 is 22.6 Å². The van der Waals surface area contributed by atoms with Crippen molar-refractivity contribution in [3.05, 3.63) is 63.2 Å². The summed E-state index contributed by atoms with van der Waals surface area (Å²) in [4.78, 5) is 14.2. The quantitative estimate of drug-likeness (QED) is 0.553. The van der Waals surface area contributed by atoms with Gasteiger partial charge in [-0.15, -0.1) is 0 Å². The van der Waals surface area contributed by atoms with E-state index in [0.717, 1.165) is 20.4 Å². The van der Waals surface area contributed by atoms with Gasteiger partial charge in [0.1, 0.15) is 5.75 Å². The van der Waals surface area contributed by atoms with Gasteiger partial charge in [-0.3, -0.25) is 9.69 Å². The van der Waals surface area contributed by atoms with Crippen molar-refractivity contribution in [3.8, 4) is 5.75 Å². The second kappa shape index (κ2) is 7.56. The number of ether oxygens (including phenoxy) is 1. The number of ketones is 1. The number of hydrogen-bond acceptors (Lipinski definition) is 3. The van der Waals surface area contributed by atoms with Crippen LogP contribution in [0.15, 0.2) is 48.5 Å². The van der Waals surface area contributed by atoms with Crippen molar-refractivity contribution >= 4 is 28.4 Å². The molecule has 4 heteroatoms. The Bertz CT molecular complexity index is 610. The molecular weight excluding hydrogens is 377 g/mol. The van der Waals surface area contributed by atoms with Crippen molar-refractivity contribution in [1.82, 2.24) is 4.90 Å². The van der Waals surface area contributed by atoms with E-state index in [2.05, 4.69) is 22.6 Å². The SMILES string of the molecule is COc1ccccc1CN(C)CC(=O)c1ccc(I)cc1. The Labute approximate surface area is 139 Å². The molecule has 3 nitrogen and oxygen atoms in total. The Morgan fingerprint density at radius 1 is 1.14 bits per heavy atom. The van der Waals surface area contributed by atoms with Gasteiger partial charge < -0.3 is 4.74 Å². The Kier molecular flexibility index (Phi) is 5.76. The van der Waals surface area contributed by atoms with Gasteiger partial charge in [-0.25, -0.2) is 0 Å². The lowest BCUT2D eigenvalue weighted by atomic mass is 10.1. The van der Waals surface area contributed by atoms with Gasteiger partial charge in [-0.05, 0) is 47.8 Å². The van der Waals surface area contributed by atoms with Crippen LogP contribution in [0.3, 0.4) is 0 Å². The van der Waals surface area contributed by atoms with Crippen molar-refractivity contribution in [3.63, 3.8) is 0 Å². The van der Waals surface area contributed by atoms with Crippen LogP contribution < -0.4 is 4.74 Å². The van der Waals surface area contributed by atoms with Crippen molar-refractivity contribution in [2.75, 3.05) is 20.7 Å². The molecule has 0 heterocycles. The third-order valence-electron chi connectivity index (χ3n) is 3.21. The van der Waals surface area contributed by atoms with Gasteiger partial charge in [-0.2, -0.15) is 0 Å². The highest BCUT2D eigenvalue weighted by Crippen LogP contribution is 2.18. The Hall–Kier alpha value is -1.40. The van der Waals surface area contributed by atoms with Crippen LogP contribution in [0.5, 0.6) is 5.75 Å². The first-order valence-corrected chi connectivity index (χ1v) is 7.77. The van der Waals surface area contributed by atoms with E-state index in [4.69, 9.17) is 4.74 Å². The summed E-state index contributed by atoms with van der Waals surface area (Å²) in [5, 5.41) is 0. The van der Waals surface area contributed by atoms with E-state index in [1.165, 1.54) is 0 Å². The van der Waals surface area contributed by atoms with E-state index in [-0.39, 0.29) is 5.78 Å². The summed E-state index contributed by atoms with van der Waals surface area (Å²) in [6.07, 6.45) is 0. The van der Waals surface area contributed by atoms with Gasteiger partial charge in [0.05, 0.1) is 13.7 Å². The van der Waals surface area contributed by atoms with Crippen LogP contribution in [0.25, 0.3) is 0 Å². The summed E-state index contributed by atoms with van der Waals surface area (Å²) in [6.45, 7) is 1.07. The number of Topliss-reactive ketones (excluding diaryl/α,β-unsaturated/α-hetero) is 1. The molecule has 0 saturated carbocycles. The largest absolute Gasteiger partial charge is 0.496 e. The molecule has 0 aliphatic heterocycles. The van der Waals surface area contributed by atoms with Crippen LogP contribution in [-0.2, 0) is 6.54 Å². The monoisotopic (exact) mass is 395 g/mol. The van der Waals surface area contributed by atoms with Gasteiger partial charge in [0.15, 0.2) is 5.78 Å². The molecule has 0 unspecified atom stereocenters. The first kappa shape index (κ1) is 16.0. The molecule has 0 radical (unpaired) electrons. The van der Waals surface area contributed by atoms with Crippen LogP contribution in [0.4, 0.5) is 0 Å². The Morgan fingerprint density at radius 2 is 1.81 bits per heavy atom.